The minimum Gasteiger partial charge on any atom is -0.382 e. The van der Waals surface area contributed by atoms with Crippen molar-refractivity contribution in [2.24, 2.45) is 17.1 Å². The highest BCUT2D eigenvalue weighted by Crippen LogP contribution is 2.42. The van der Waals surface area contributed by atoms with Crippen LogP contribution in [0, 0.1) is 11.3 Å². The molecule has 3 heteroatoms. The number of amides is 1. The number of carbonyl (C=O) groups is 1. The van der Waals surface area contributed by atoms with Gasteiger partial charge in [0.1, 0.15) is 0 Å². The van der Waals surface area contributed by atoms with Gasteiger partial charge in [0.2, 0.25) is 5.91 Å². The van der Waals surface area contributed by atoms with E-state index in [4.69, 9.17) is 5.73 Å². The summed E-state index contributed by atoms with van der Waals surface area (Å²) in [5.41, 5.74) is 7.24. The van der Waals surface area contributed by atoms with Crippen LogP contribution in [0.2, 0.25) is 0 Å². The fraction of sp³-hybridized carbons (Fsp3) is 0.533. The zero-order chi connectivity index (χ0) is 13.3. The SMILES string of the molecule is CC1CC(C)(C)CC1Nc1cccc(C(N)=O)c1. The van der Waals surface area contributed by atoms with Gasteiger partial charge in [0.05, 0.1) is 0 Å². The molecule has 1 aliphatic rings. The van der Waals surface area contributed by atoms with Crippen molar-refractivity contribution >= 4 is 11.6 Å². The van der Waals surface area contributed by atoms with Crippen LogP contribution in [0.15, 0.2) is 24.3 Å². The molecule has 0 bridgehead atoms. The fourth-order valence-electron chi connectivity index (χ4n) is 3.06. The third-order valence-corrected chi connectivity index (χ3v) is 3.83. The second kappa shape index (κ2) is 4.63. The molecule has 2 unspecified atom stereocenters. The summed E-state index contributed by atoms with van der Waals surface area (Å²) in [4.78, 5) is 11.2. The molecule has 0 saturated heterocycles. The zero-order valence-corrected chi connectivity index (χ0v) is 11.4. The standard InChI is InChI=1S/C15H22N2O/c1-10-8-15(2,3)9-13(10)17-12-6-4-5-11(7-12)14(16)18/h4-7,10,13,17H,8-9H2,1-3H3,(H2,16,18). The van der Waals surface area contributed by atoms with Gasteiger partial charge in [-0.1, -0.05) is 26.8 Å². The van der Waals surface area contributed by atoms with Crippen LogP contribution in [0.1, 0.15) is 44.0 Å². The van der Waals surface area contributed by atoms with Crippen molar-refractivity contribution in [2.75, 3.05) is 5.32 Å². The van der Waals surface area contributed by atoms with Gasteiger partial charge in [-0.3, -0.25) is 4.79 Å². The van der Waals surface area contributed by atoms with E-state index in [0.29, 0.717) is 22.9 Å². The summed E-state index contributed by atoms with van der Waals surface area (Å²) in [6.07, 6.45) is 2.40. The highest BCUT2D eigenvalue weighted by molar-refractivity contribution is 5.93. The molecule has 0 heterocycles. The molecule has 1 aromatic carbocycles. The average Bonchev–Trinajstić information content (AvgIpc) is 2.52. The molecule has 3 N–H and O–H groups in total. The third-order valence-electron chi connectivity index (χ3n) is 3.83. The number of hydrogen-bond acceptors (Lipinski definition) is 2. The first-order chi connectivity index (χ1) is 8.37. The minimum absolute atomic E-state index is 0.376. The molecule has 0 radical (unpaired) electrons. The Labute approximate surface area is 109 Å². The van der Waals surface area contributed by atoms with Crippen LogP contribution in [0.5, 0.6) is 0 Å². The van der Waals surface area contributed by atoms with Gasteiger partial charge in [0.25, 0.3) is 0 Å². The van der Waals surface area contributed by atoms with E-state index in [-0.39, 0.29) is 5.91 Å². The molecule has 1 fully saturated rings. The van der Waals surface area contributed by atoms with Crippen LogP contribution in [0.4, 0.5) is 5.69 Å². The van der Waals surface area contributed by atoms with E-state index < -0.39 is 0 Å². The van der Waals surface area contributed by atoms with Crippen LogP contribution in [0.3, 0.4) is 0 Å². The van der Waals surface area contributed by atoms with E-state index in [1.807, 2.05) is 18.2 Å². The first kappa shape index (κ1) is 12.9. The number of anilines is 1. The van der Waals surface area contributed by atoms with Crippen LogP contribution in [-0.2, 0) is 0 Å². The largest absolute Gasteiger partial charge is 0.382 e. The number of carbonyl (C=O) groups excluding carboxylic acids is 1. The van der Waals surface area contributed by atoms with Crippen molar-refractivity contribution < 1.29 is 4.79 Å². The van der Waals surface area contributed by atoms with Crippen LogP contribution in [0.25, 0.3) is 0 Å². The molecular formula is C15H22N2O. The van der Waals surface area contributed by atoms with Gasteiger partial charge in [-0.15, -0.1) is 0 Å². The van der Waals surface area contributed by atoms with Gasteiger partial charge >= 0.3 is 0 Å². The highest BCUT2D eigenvalue weighted by atomic mass is 16.1. The van der Waals surface area contributed by atoms with E-state index in [1.165, 1.54) is 6.42 Å². The number of hydrogen-bond donors (Lipinski definition) is 2. The summed E-state index contributed by atoms with van der Waals surface area (Å²) in [7, 11) is 0. The highest BCUT2D eigenvalue weighted by Gasteiger charge is 2.36. The van der Waals surface area contributed by atoms with Crippen molar-refractivity contribution in [3.8, 4) is 0 Å². The lowest BCUT2D eigenvalue weighted by atomic mass is 9.91. The van der Waals surface area contributed by atoms with Crippen molar-refractivity contribution in [1.82, 2.24) is 0 Å². The Kier molecular flexibility index (Phi) is 3.33. The number of nitrogens with two attached hydrogens (primary N) is 1. The van der Waals surface area contributed by atoms with Crippen LogP contribution >= 0.6 is 0 Å². The first-order valence-electron chi connectivity index (χ1n) is 6.54. The summed E-state index contributed by atoms with van der Waals surface area (Å²) in [5, 5.41) is 3.53. The monoisotopic (exact) mass is 246 g/mol. The molecule has 1 amide bonds. The predicted molar refractivity (Wildman–Crippen MR) is 74.5 cm³/mol. The Morgan fingerprint density at radius 1 is 1.39 bits per heavy atom. The summed E-state index contributed by atoms with van der Waals surface area (Å²) < 4.78 is 0. The molecule has 1 aromatic rings. The van der Waals surface area contributed by atoms with E-state index in [2.05, 4.69) is 26.1 Å². The van der Waals surface area contributed by atoms with Gasteiger partial charge in [-0.25, -0.2) is 0 Å². The van der Waals surface area contributed by atoms with Crippen LogP contribution < -0.4 is 11.1 Å². The zero-order valence-electron chi connectivity index (χ0n) is 11.4. The Bertz CT molecular complexity index is 454. The second-order valence-corrected chi connectivity index (χ2v) is 6.25. The van der Waals surface area contributed by atoms with Gasteiger partial charge in [0, 0.05) is 17.3 Å². The fourth-order valence-corrected chi connectivity index (χ4v) is 3.06. The molecular weight excluding hydrogens is 224 g/mol. The van der Waals surface area contributed by atoms with E-state index in [0.717, 1.165) is 12.1 Å². The Balaban J connectivity index is 2.10. The molecule has 98 valence electrons. The van der Waals surface area contributed by atoms with E-state index in [9.17, 15) is 4.79 Å². The van der Waals surface area contributed by atoms with Crippen molar-refractivity contribution in [1.29, 1.82) is 0 Å². The van der Waals surface area contributed by atoms with E-state index >= 15 is 0 Å². The Hall–Kier alpha value is -1.51. The molecule has 3 nitrogen and oxygen atoms in total. The van der Waals surface area contributed by atoms with Crippen molar-refractivity contribution in [3.05, 3.63) is 29.8 Å². The second-order valence-electron chi connectivity index (χ2n) is 6.25. The maximum atomic E-state index is 11.2. The topological polar surface area (TPSA) is 55.1 Å². The van der Waals surface area contributed by atoms with Gasteiger partial charge in [0.15, 0.2) is 0 Å². The molecule has 0 aromatic heterocycles. The molecule has 18 heavy (non-hydrogen) atoms. The maximum absolute atomic E-state index is 11.2. The smallest absolute Gasteiger partial charge is 0.248 e. The van der Waals surface area contributed by atoms with Crippen molar-refractivity contribution in [2.45, 2.75) is 39.7 Å². The van der Waals surface area contributed by atoms with Gasteiger partial charge in [-0.2, -0.15) is 0 Å². The number of nitrogens with one attached hydrogen (secondary N) is 1. The lowest BCUT2D eigenvalue weighted by Crippen LogP contribution is -2.22. The lowest BCUT2D eigenvalue weighted by Gasteiger charge is -2.20. The molecule has 2 atom stereocenters. The maximum Gasteiger partial charge on any atom is 0.248 e. The quantitative estimate of drug-likeness (QED) is 0.861. The Morgan fingerprint density at radius 2 is 2.11 bits per heavy atom. The van der Waals surface area contributed by atoms with Gasteiger partial charge in [-0.05, 0) is 42.4 Å². The first-order valence-corrected chi connectivity index (χ1v) is 6.54. The predicted octanol–water partition coefficient (Wildman–Crippen LogP) is 3.02. The van der Waals surface area contributed by atoms with Gasteiger partial charge < -0.3 is 11.1 Å². The Morgan fingerprint density at radius 3 is 2.67 bits per heavy atom. The summed E-state index contributed by atoms with van der Waals surface area (Å²) in [6.45, 7) is 6.90. The molecule has 2 rings (SSSR count). The summed E-state index contributed by atoms with van der Waals surface area (Å²) >= 11 is 0. The molecule has 1 saturated carbocycles. The molecule has 0 spiro atoms. The lowest BCUT2D eigenvalue weighted by molar-refractivity contribution is 0.100. The van der Waals surface area contributed by atoms with Crippen LogP contribution in [-0.4, -0.2) is 11.9 Å². The molecule has 1 aliphatic carbocycles. The third kappa shape index (κ3) is 2.84. The van der Waals surface area contributed by atoms with E-state index in [1.54, 1.807) is 6.07 Å². The molecule has 0 aliphatic heterocycles. The van der Waals surface area contributed by atoms with Crippen molar-refractivity contribution in [3.63, 3.8) is 0 Å². The number of rotatable bonds is 3. The number of primary amides is 1. The average molecular weight is 246 g/mol. The number of benzene rings is 1. The summed E-state index contributed by atoms with van der Waals surface area (Å²) in [6, 6.07) is 7.91. The normalized spacial score (nSPS) is 25.9. The summed E-state index contributed by atoms with van der Waals surface area (Å²) in [5.74, 6) is 0.274. The minimum atomic E-state index is -0.376.